The maximum atomic E-state index is 4.24. The van der Waals surface area contributed by atoms with E-state index in [1.165, 1.54) is 83.5 Å². The van der Waals surface area contributed by atoms with Gasteiger partial charge in [0.15, 0.2) is 0 Å². The number of hydrogen-bond acceptors (Lipinski definition) is 2. The first-order chi connectivity index (χ1) is 8.50. The van der Waals surface area contributed by atoms with Gasteiger partial charge in [-0.3, -0.25) is 0 Å². The van der Waals surface area contributed by atoms with E-state index in [1.54, 1.807) is 0 Å². The molecule has 0 aliphatic carbocycles. The van der Waals surface area contributed by atoms with Crippen LogP contribution in [-0.2, 0) is 0 Å². The van der Waals surface area contributed by atoms with Crippen molar-refractivity contribution in [3.05, 3.63) is 0 Å². The fourth-order valence-electron chi connectivity index (χ4n) is 2.45. The van der Waals surface area contributed by atoms with E-state index in [4.69, 9.17) is 0 Å². The Labute approximate surface area is 107 Å². The van der Waals surface area contributed by atoms with Crippen LogP contribution in [0.4, 0.5) is 0 Å². The van der Waals surface area contributed by atoms with E-state index < -0.39 is 0 Å². The topological polar surface area (TPSA) is 24.7 Å². The summed E-state index contributed by atoms with van der Waals surface area (Å²) in [6.07, 6.45) is 18.1. The second kappa shape index (κ2) is 12.1. The molecule has 0 saturated carbocycles. The molecule has 0 amide bonds. The fourth-order valence-corrected chi connectivity index (χ4v) is 2.45. The molecule has 0 aromatic carbocycles. The smallest absolute Gasteiger partial charge is 0.0598 e. The van der Waals surface area contributed by atoms with Crippen molar-refractivity contribution in [1.82, 2.24) is 0 Å². The molecule has 0 radical (unpaired) electrons. The Morgan fingerprint density at radius 2 is 0.529 bits per heavy atom. The van der Waals surface area contributed by atoms with Crippen molar-refractivity contribution in [1.29, 1.82) is 0 Å². The third kappa shape index (κ3) is 10.5. The molecular formula is C15H30N2. The van der Waals surface area contributed by atoms with Crippen LogP contribution < -0.4 is 0 Å². The van der Waals surface area contributed by atoms with Gasteiger partial charge in [-0.05, 0) is 12.8 Å². The average molecular weight is 238 g/mol. The van der Waals surface area contributed by atoms with Crippen molar-refractivity contribution in [2.45, 2.75) is 83.5 Å². The molecule has 0 saturated heterocycles. The minimum Gasteiger partial charge on any atom is -0.194 e. The van der Waals surface area contributed by atoms with Crippen molar-refractivity contribution in [3.8, 4) is 0 Å². The Morgan fingerprint density at radius 1 is 0.294 bits per heavy atom. The maximum absolute atomic E-state index is 4.24. The highest BCUT2D eigenvalue weighted by Gasteiger charge is 1.94. The summed E-state index contributed by atoms with van der Waals surface area (Å²) >= 11 is 0. The molecular weight excluding hydrogens is 208 g/mol. The zero-order chi connectivity index (χ0) is 12.0. The van der Waals surface area contributed by atoms with Gasteiger partial charge >= 0.3 is 0 Å². The predicted molar refractivity (Wildman–Crippen MR) is 74.6 cm³/mol. The van der Waals surface area contributed by atoms with Crippen molar-refractivity contribution >= 4 is 0 Å². The summed E-state index contributed by atoms with van der Waals surface area (Å²) in [5.41, 5.74) is 0. The summed E-state index contributed by atoms with van der Waals surface area (Å²) in [7, 11) is 0. The Balaban J connectivity index is 2.07. The minimum atomic E-state index is 0.958. The van der Waals surface area contributed by atoms with Crippen LogP contribution in [0, 0.1) is 0 Å². The van der Waals surface area contributed by atoms with E-state index in [0.717, 1.165) is 13.1 Å². The highest BCUT2D eigenvalue weighted by Crippen LogP contribution is 2.12. The van der Waals surface area contributed by atoms with Gasteiger partial charge in [0.05, 0.1) is 13.1 Å². The first-order valence-electron chi connectivity index (χ1n) is 7.83. The van der Waals surface area contributed by atoms with Crippen LogP contribution in [0.1, 0.15) is 83.5 Å². The summed E-state index contributed by atoms with van der Waals surface area (Å²) in [4.78, 5) is 0. The van der Waals surface area contributed by atoms with Crippen molar-refractivity contribution < 1.29 is 0 Å². The first kappa shape index (κ1) is 14.7. The van der Waals surface area contributed by atoms with E-state index in [2.05, 4.69) is 10.2 Å². The summed E-state index contributed by atoms with van der Waals surface area (Å²) < 4.78 is 0. The minimum absolute atomic E-state index is 0.958. The van der Waals surface area contributed by atoms with E-state index in [9.17, 15) is 0 Å². The first-order valence-corrected chi connectivity index (χ1v) is 7.83. The zero-order valence-electron chi connectivity index (χ0n) is 11.5. The fraction of sp³-hybridized carbons (Fsp3) is 1.00. The van der Waals surface area contributed by atoms with Crippen LogP contribution in [0.3, 0.4) is 0 Å². The Kier molecular flexibility index (Phi) is 10.4. The molecule has 1 rings (SSSR count). The van der Waals surface area contributed by atoms with Gasteiger partial charge < -0.3 is 0 Å². The van der Waals surface area contributed by atoms with Crippen molar-refractivity contribution in [2.24, 2.45) is 10.2 Å². The molecule has 1 aliphatic heterocycles. The normalized spacial score (nSPS) is 23.1. The van der Waals surface area contributed by atoms with E-state index >= 15 is 0 Å². The molecule has 0 bridgehead atoms. The summed E-state index contributed by atoms with van der Waals surface area (Å²) in [5, 5.41) is 8.49. The lowest BCUT2D eigenvalue weighted by Crippen LogP contribution is -1.84. The second-order valence-corrected chi connectivity index (χ2v) is 5.33. The van der Waals surface area contributed by atoms with Gasteiger partial charge in [0.25, 0.3) is 0 Å². The van der Waals surface area contributed by atoms with Gasteiger partial charge in [-0.25, -0.2) is 0 Å². The SMILES string of the molecule is C1CCCCCCCN=NCCCCCCC1. The van der Waals surface area contributed by atoms with E-state index in [1.807, 2.05) is 0 Å². The van der Waals surface area contributed by atoms with Gasteiger partial charge in [0.2, 0.25) is 0 Å². The lowest BCUT2D eigenvalue weighted by atomic mass is 10.0. The van der Waals surface area contributed by atoms with Gasteiger partial charge in [-0.1, -0.05) is 70.6 Å². The summed E-state index contributed by atoms with van der Waals surface area (Å²) in [5.74, 6) is 0. The van der Waals surface area contributed by atoms with Gasteiger partial charge in [0, 0.05) is 0 Å². The number of azo groups is 1. The van der Waals surface area contributed by atoms with Crippen LogP contribution in [-0.4, -0.2) is 13.1 Å². The van der Waals surface area contributed by atoms with Crippen LogP contribution >= 0.6 is 0 Å². The Bertz CT molecular complexity index is 160. The molecule has 2 heteroatoms. The van der Waals surface area contributed by atoms with Crippen LogP contribution in [0.5, 0.6) is 0 Å². The summed E-state index contributed by atoms with van der Waals surface area (Å²) in [6, 6.07) is 0. The van der Waals surface area contributed by atoms with Crippen LogP contribution in [0.2, 0.25) is 0 Å². The average Bonchev–Trinajstić information content (AvgIpc) is 2.35. The standard InChI is InChI=1S/C15H30N2/c1-2-4-6-8-10-12-14-16-17-15-13-11-9-7-5-3-1/h1-15H2. The number of nitrogens with zero attached hydrogens (tertiary/aromatic N) is 2. The number of hydrogen-bond donors (Lipinski definition) is 0. The summed E-state index contributed by atoms with van der Waals surface area (Å²) in [6.45, 7) is 1.92. The van der Waals surface area contributed by atoms with E-state index in [-0.39, 0.29) is 0 Å². The molecule has 100 valence electrons. The highest BCUT2D eigenvalue weighted by molar-refractivity contribution is 4.51. The van der Waals surface area contributed by atoms with Crippen molar-refractivity contribution in [3.63, 3.8) is 0 Å². The predicted octanol–water partition coefficient (Wildman–Crippen LogP) is 5.52. The molecule has 0 spiro atoms. The second-order valence-electron chi connectivity index (χ2n) is 5.33. The largest absolute Gasteiger partial charge is 0.194 e. The Hall–Kier alpha value is -0.400. The third-order valence-corrected chi connectivity index (χ3v) is 3.62. The van der Waals surface area contributed by atoms with Crippen LogP contribution in [0.25, 0.3) is 0 Å². The molecule has 1 aliphatic rings. The molecule has 2 nitrogen and oxygen atoms in total. The van der Waals surface area contributed by atoms with Gasteiger partial charge in [-0.2, -0.15) is 10.2 Å². The van der Waals surface area contributed by atoms with Crippen LogP contribution in [0.15, 0.2) is 10.2 Å². The molecule has 0 N–H and O–H groups in total. The molecule has 0 aromatic heterocycles. The maximum Gasteiger partial charge on any atom is 0.0598 e. The Morgan fingerprint density at radius 3 is 0.824 bits per heavy atom. The molecule has 0 aromatic rings. The molecule has 0 fully saturated rings. The van der Waals surface area contributed by atoms with Gasteiger partial charge in [-0.15, -0.1) is 0 Å². The van der Waals surface area contributed by atoms with Crippen molar-refractivity contribution in [2.75, 3.05) is 13.1 Å². The number of rotatable bonds is 0. The lowest BCUT2D eigenvalue weighted by Gasteiger charge is -2.02. The molecule has 1 heterocycles. The molecule has 0 unspecified atom stereocenters. The van der Waals surface area contributed by atoms with E-state index in [0.29, 0.717) is 0 Å². The molecule has 0 atom stereocenters. The van der Waals surface area contributed by atoms with Gasteiger partial charge in [0.1, 0.15) is 0 Å². The lowest BCUT2D eigenvalue weighted by molar-refractivity contribution is 0.541. The zero-order valence-corrected chi connectivity index (χ0v) is 11.5. The monoisotopic (exact) mass is 238 g/mol. The molecule has 17 heavy (non-hydrogen) atoms. The quantitative estimate of drug-likeness (QED) is 0.530. The third-order valence-electron chi connectivity index (χ3n) is 3.62. The highest BCUT2D eigenvalue weighted by atomic mass is 15.1.